The minimum Gasteiger partial charge on any atom is -0.388 e. The van der Waals surface area contributed by atoms with E-state index >= 15 is 0 Å². The van der Waals surface area contributed by atoms with Crippen LogP contribution in [0.15, 0.2) is 0 Å². The molecule has 0 saturated heterocycles. The summed E-state index contributed by atoms with van der Waals surface area (Å²) in [5, 5.41) is 8.20. The van der Waals surface area contributed by atoms with Gasteiger partial charge in [-0.1, -0.05) is 19.8 Å². The third-order valence-electron chi connectivity index (χ3n) is 5.45. The molecular formula is C20H38N4O2. The van der Waals surface area contributed by atoms with Crippen LogP contribution < -0.4 is 5.32 Å². The predicted octanol–water partition coefficient (Wildman–Crippen LogP) is 2.62. The molecule has 26 heavy (non-hydrogen) atoms. The van der Waals surface area contributed by atoms with E-state index in [0.29, 0.717) is 5.92 Å². The first kappa shape index (κ1) is 21.4. The van der Waals surface area contributed by atoms with Crippen LogP contribution >= 0.6 is 0 Å². The van der Waals surface area contributed by atoms with Gasteiger partial charge < -0.3 is 14.8 Å². The zero-order valence-corrected chi connectivity index (χ0v) is 17.4. The Morgan fingerprint density at radius 2 is 1.96 bits per heavy atom. The van der Waals surface area contributed by atoms with Crippen LogP contribution in [-0.4, -0.2) is 62.7 Å². The summed E-state index contributed by atoms with van der Waals surface area (Å²) in [6, 6.07) is 0. The monoisotopic (exact) mass is 366 g/mol. The molecular weight excluding hydrogens is 328 g/mol. The molecule has 0 bridgehead atoms. The van der Waals surface area contributed by atoms with E-state index in [9.17, 15) is 0 Å². The number of nitrogens with zero attached hydrogens (tertiary/aromatic N) is 3. The molecule has 0 atom stereocenters. The lowest BCUT2D eigenvalue weighted by atomic mass is 9.78. The van der Waals surface area contributed by atoms with E-state index in [1.54, 1.807) is 14.2 Å². The lowest BCUT2D eigenvalue weighted by Gasteiger charge is -2.28. The lowest BCUT2D eigenvalue weighted by molar-refractivity contribution is 0.0788. The van der Waals surface area contributed by atoms with E-state index in [-0.39, 0.29) is 0 Å². The number of rotatable bonds is 6. The number of hydrogen-bond acceptors (Lipinski definition) is 5. The van der Waals surface area contributed by atoms with Gasteiger partial charge in [0.25, 0.3) is 0 Å². The van der Waals surface area contributed by atoms with Gasteiger partial charge in [0.15, 0.2) is 0 Å². The highest BCUT2D eigenvalue weighted by molar-refractivity contribution is 5.31. The Morgan fingerprint density at radius 1 is 1.27 bits per heavy atom. The third kappa shape index (κ3) is 5.78. The number of ether oxygens (including phenoxy) is 2. The van der Waals surface area contributed by atoms with Gasteiger partial charge >= 0.3 is 0 Å². The Balaban J connectivity index is 0.000000758. The molecule has 0 spiro atoms. The van der Waals surface area contributed by atoms with Gasteiger partial charge in [-0.15, -0.1) is 0 Å². The van der Waals surface area contributed by atoms with Crippen molar-refractivity contribution in [2.24, 2.45) is 5.92 Å². The summed E-state index contributed by atoms with van der Waals surface area (Å²) in [5.41, 5.74) is 4.17. The first-order valence-electron chi connectivity index (χ1n) is 10.00. The molecule has 150 valence electrons. The molecule has 0 unspecified atom stereocenters. The Kier molecular flexibility index (Phi) is 9.05. The maximum absolute atomic E-state index is 5.75. The number of fused-ring (bicyclic) bond motifs is 1. The van der Waals surface area contributed by atoms with Crippen molar-refractivity contribution >= 4 is 0 Å². The predicted molar refractivity (Wildman–Crippen MR) is 105 cm³/mol. The molecule has 6 heteroatoms. The van der Waals surface area contributed by atoms with E-state index in [1.165, 1.54) is 42.6 Å². The first-order chi connectivity index (χ1) is 12.6. The summed E-state index contributed by atoms with van der Waals surface area (Å²) in [7, 11) is 7.45. The number of nitrogens with one attached hydrogen (secondary N) is 1. The molecule has 6 nitrogen and oxygen atoms in total. The van der Waals surface area contributed by atoms with Crippen LogP contribution in [0.3, 0.4) is 0 Å². The molecule has 2 heterocycles. The van der Waals surface area contributed by atoms with E-state index in [0.717, 1.165) is 45.3 Å². The van der Waals surface area contributed by atoms with Crippen molar-refractivity contribution in [3.63, 3.8) is 0 Å². The van der Waals surface area contributed by atoms with E-state index in [4.69, 9.17) is 9.84 Å². The van der Waals surface area contributed by atoms with Gasteiger partial charge in [-0.25, -0.2) is 0 Å². The second-order valence-electron chi connectivity index (χ2n) is 7.79. The Hall–Kier alpha value is -0.950. The Bertz CT molecular complexity index is 524. The number of likely N-dealkylation sites (N-methyl/N-ethyl adjacent to an activating group) is 2. The average Bonchev–Trinajstić information content (AvgIpc) is 2.99. The van der Waals surface area contributed by atoms with E-state index < -0.39 is 0 Å². The molecule has 0 amide bonds. The summed E-state index contributed by atoms with van der Waals surface area (Å²) in [6.07, 6.45) is 5.33. The van der Waals surface area contributed by atoms with Crippen LogP contribution in [0.25, 0.3) is 0 Å². The van der Waals surface area contributed by atoms with Crippen molar-refractivity contribution in [1.29, 1.82) is 0 Å². The molecule has 1 aliphatic heterocycles. The molecule has 3 rings (SSSR count). The van der Waals surface area contributed by atoms with Crippen molar-refractivity contribution < 1.29 is 9.47 Å². The van der Waals surface area contributed by atoms with Gasteiger partial charge in [-0.2, -0.15) is 5.10 Å². The standard InChI is InChI=1S/C18H32N4O.C2H6O/c1-14-4-6-15(7-5-14)18-16(12-21(3)9-8-19-2)20-22-10-11-23-13-17(18)22;1-3-2/h14-15,19H,4-13H2,1-3H3;1-2H3. The topological polar surface area (TPSA) is 51.6 Å². The van der Waals surface area contributed by atoms with Crippen LogP contribution in [0.2, 0.25) is 0 Å². The van der Waals surface area contributed by atoms with E-state index in [1.807, 2.05) is 7.05 Å². The molecule has 0 aromatic carbocycles. The van der Waals surface area contributed by atoms with Crippen molar-refractivity contribution in [2.75, 3.05) is 48.0 Å². The summed E-state index contributed by atoms with van der Waals surface area (Å²) in [4.78, 5) is 2.38. The van der Waals surface area contributed by atoms with Crippen LogP contribution in [0.5, 0.6) is 0 Å². The quantitative estimate of drug-likeness (QED) is 0.839. The van der Waals surface area contributed by atoms with Gasteiger partial charge in [0.2, 0.25) is 0 Å². The van der Waals surface area contributed by atoms with Gasteiger partial charge in [0.1, 0.15) is 0 Å². The summed E-state index contributed by atoms with van der Waals surface area (Å²) in [5.74, 6) is 1.57. The summed E-state index contributed by atoms with van der Waals surface area (Å²) < 4.78 is 12.2. The van der Waals surface area contributed by atoms with Gasteiger partial charge in [-0.05, 0) is 38.8 Å². The van der Waals surface area contributed by atoms with Gasteiger partial charge in [-0.3, -0.25) is 9.58 Å². The zero-order chi connectivity index (χ0) is 18.9. The highest BCUT2D eigenvalue weighted by Crippen LogP contribution is 2.39. The maximum atomic E-state index is 5.75. The number of methoxy groups -OCH3 is 1. The average molecular weight is 367 g/mol. The van der Waals surface area contributed by atoms with Crippen LogP contribution in [0.4, 0.5) is 0 Å². The second kappa shape index (κ2) is 11.0. The molecule has 1 aromatic rings. The third-order valence-corrected chi connectivity index (χ3v) is 5.45. The fourth-order valence-electron chi connectivity index (χ4n) is 4.00. The van der Waals surface area contributed by atoms with Crippen molar-refractivity contribution in [3.8, 4) is 0 Å². The maximum Gasteiger partial charge on any atom is 0.0888 e. The van der Waals surface area contributed by atoms with Crippen molar-refractivity contribution in [1.82, 2.24) is 20.0 Å². The molecule has 1 saturated carbocycles. The number of aromatic nitrogens is 2. The summed E-state index contributed by atoms with van der Waals surface area (Å²) >= 11 is 0. The van der Waals surface area contributed by atoms with Gasteiger partial charge in [0.05, 0.1) is 31.1 Å². The number of hydrogen-bond donors (Lipinski definition) is 1. The fraction of sp³-hybridized carbons (Fsp3) is 0.850. The molecule has 0 radical (unpaired) electrons. The largest absolute Gasteiger partial charge is 0.388 e. The van der Waals surface area contributed by atoms with Crippen molar-refractivity contribution in [3.05, 3.63) is 17.0 Å². The lowest BCUT2D eigenvalue weighted by Crippen LogP contribution is -2.27. The molecule has 1 aliphatic carbocycles. The fourth-order valence-corrected chi connectivity index (χ4v) is 4.00. The van der Waals surface area contributed by atoms with E-state index in [2.05, 4.69) is 33.6 Å². The first-order valence-corrected chi connectivity index (χ1v) is 10.00. The van der Waals surface area contributed by atoms with Crippen LogP contribution in [0, 0.1) is 5.92 Å². The minimum absolute atomic E-state index is 0.685. The molecule has 1 N–H and O–H groups in total. The zero-order valence-electron chi connectivity index (χ0n) is 17.4. The summed E-state index contributed by atoms with van der Waals surface area (Å²) in [6.45, 7) is 7.85. The SMILES string of the molecule is CNCCN(C)Cc1nn2c(c1C1CCC(C)CC1)COCC2.COC. The Labute approximate surface area is 159 Å². The highest BCUT2D eigenvalue weighted by Gasteiger charge is 2.29. The minimum atomic E-state index is 0.685. The molecule has 2 aliphatic rings. The molecule has 1 fully saturated rings. The second-order valence-corrected chi connectivity index (χ2v) is 7.79. The van der Waals surface area contributed by atoms with Crippen LogP contribution in [0.1, 0.15) is 55.5 Å². The Morgan fingerprint density at radius 3 is 2.62 bits per heavy atom. The normalized spacial score (nSPS) is 22.7. The smallest absolute Gasteiger partial charge is 0.0888 e. The highest BCUT2D eigenvalue weighted by atomic mass is 16.5. The van der Waals surface area contributed by atoms with Crippen molar-refractivity contribution in [2.45, 2.75) is 58.2 Å². The molecule has 1 aromatic heterocycles. The van der Waals surface area contributed by atoms with Gasteiger partial charge in [0, 0.05) is 39.4 Å². The van der Waals surface area contributed by atoms with Crippen LogP contribution in [-0.2, 0) is 29.2 Å².